The van der Waals surface area contributed by atoms with E-state index in [0.717, 1.165) is 0 Å². The van der Waals surface area contributed by atoms with E-state index in [1.165, 1.54) is 29.2 Å². The smallest absolute Gasteiger partial charge is 0.393 e. The van der Waals surface area contributed by atoms with Crippen LogP contribution < -0.4 is 5.32 Å². The zero-order valence-corrected chi connectivity index (χ0v) is 13.0. The Hall–Kier alpha value is -2.09. The summed E-state index contributed by atoms with van der Waals surface area (Å²) in [6, 6.07) is 5.35. The summed E-state index contributed by atoms with van der Waals surface area (Å²) in [7, 11) is 0. The van der Waals surface area contributed by atoms with E-state index in [0.29, 0.717) is 25.9 Å². The first-order valence-electron chi connectivity index (χ1n) is 7.65. The van der Waals surface area contributed by atoms with Crippen LogP contribution >= 0.6 is 0 Å². The molecule has 5 nitrogen and oxygen atoms in total. The normalized spacial score (nSPS) is 16.1. The number of piperidine rings is 1. The molecule has 0 saturated carbocycles. The van der Waals surface area contributed by atoms with Crippen molar-refractivity contribution in [1.82, 2.24) is 4.90 Å². The van der Waals surface area contributed by atoms with Gasteiger partial charge in [0, 0.05) is 25.4 Å². The number of carbonyl (C=O) groups is 2. The van der Waals surface area contributed by atoms with E-state index in [-0.39, 0.29) is 23.8 Å². The van der Waals surface area contributed by atoms with Crippen LogP contribution in [0.4, 0.5) is 18.9 Å². The van der Waals surface area contributed by atoms with Crippen LogP contribution in [-0.4, -0.2) is 47.7 Å². The van der Waals surface area contributed by atoms with Crippen LogP contribution in [-0.2, 0) is 16.0 Å². The van der Waals surface area contributed by atoms with Gasteiger partial charge in [-0.2, -0.15) is 13.2 Å². The summed E-state index contributed by atoms with van der Waals surface area (Å²) < 4.78 is 37.2. The third kappa shape index (κ3) is 5.23. The fourth-order valence-corrected chi connectivity index (χ4v) is 2.64. The molecule has 0 aromatic heterocycles. The third-order valence-electron chi connectivity index (χ3n) is 3.94. The van der Waals surface area contributed by atoms with Crippen molar-refractivity contribution in [1.29, 1.82) is 0 Å². The molecule has 1 fully saturated rings. The van der Waals surface area contributed by atoms with Gasteiger partial charge in [-0.15, -0.1) is 0 Å². The number of carbonyl (C=O) groups excluding carboxylic acids is 2. The lowest BCUT2D eigenvalue weighted by Crippen LogP contribution is -2.44. The van der Waals surface area contributed by atoms with Crippen molar-refractivity contribution >= 4 is 17.5 Å². The van der Waals surface area contributed by atoms with E-state index in [1.54, 1.807) is 0 Å². The van der Waals surface area contributed by atoms with Gasteiger partial charge in [0.15, 0.2) is 0 Å². The summed E-state index contributed by atoms with van der Waals surface area (Å²) in [5.41, 5.74) is 0.164. The first-order valence-corrected chi connectivity index (χ1v) is 7.65. The predicted octanol–water partition coefficient (Wildman–Crippen LogP) is 1.96. The number of halogens is 3. The maximum absolute atomic E-state index is 12.4. The minimum absolute atomic E-state index is 0.0107. The number of likely N-dealkylation sites (tertiary alicyclic amines) is 1. The number of nitrogens with zero attached hydrogens (tertiary/aromatic N) is 1. The quantitative estimate of drug-likeness (QED) is 0.824. The Morgan fingerprint density at radius 2 is 1.92 bits per heavy atom. The van der Waals surface area contributed by atoms with Gasteiger partial charge in [-0.1, -0.05) is 12.1 Å². The standard InChI is InChI=1S/C16H19F3N2O3/c17-16(18,19)9-12-2-1-3-13(8-12)20-14(23)15(24)21-6-4-11(10-22)5-7-21/h1-3,8,11,22H,4-7,9-10H2,(H,20,23). The number of anilines is 1. The topological polar surface area (TPSA) is 69.6 Å². The van der Waals surface area contributed by atoms with Gasteiger partial charge < -0.3 is 15.3 Å². The molecular formula is C16H19F3N2O3. The molecule has 2 amide bonds. The largest absolute Gasteiger partial charge is 0.396 e. The van der Waals surface area contributed by atoms with Crippen LogP contribution in [0.3, 0.4) is 0 Å². The van der Waals surface area contributed by atoms with E-state index in [9.17, 15) is 22.8 Å². The Morgan fingerprint density at radius 3 is 2.50 bits per heavy atom. The van der Waals surface area contributed by atoms with Crippen molar-refractivity contribution < 1.29 is 27.9 Å². The summed E-state index contributed by atoms with van der Waals surface area (Å²) in [5.74, 6) is -1.45. The van der Waals surface area contributed by atoms with E-state index < -0.39 is 24.4 Å². The van der Waals surface area contributed by atoms with Gasteiger partial charge in [-0.05, 0) is 36.5 Å². The van der Waals surface area contributed by atoms with Gasteiger partial charge in [0.1, 0.15) is 0 Å². The number of amides is 2. The Morgan fingerprint density at radius 1 is 1.25 bits per heavy atom. The number of benzene rings is 1. The molecule has 132 valence electrons. The lowest BCUT2D eigenvalue weighted by atomic mass is 9.98. The van der Waals surface area contributed by atoms with Gasteiger partial charge in [0.2, 0.25) is 0 Å². The zero-order chi connectivity index (χ0) is 17.7. The monoisotopic (exact) mass is 344 g/mol. The maximum atomic E-state index is 12.4. The van der Waals surface area contributed by atoms with Gasteiger partial charge in [0.25, 0.3) is 0 Å². The average Bonchev–Trinajstić information content (AvgIpc) is 2.53. The molecule has 1 aromatic carbocycles. The molecule has 0 bridgehead atoms. The molecule has 0 unspecified atom stereocenters. The van der Waals surface area contributed by atoms with Crippen molar-refractivity contribution in [3.63, 3.8) is 0 Å². The fraction of sp³-hybridized carbons (Fsp3) is 0.500. The van der Waals surface area contributed by atoms with E-state index in [4.69, 9.17) is 5.11 Å². The highest BCUT2D eigenvalue weighted by Gasteiger charge is 2.28. The van der Waals surface area contributed by atoms with Crippen molar-refractivity contribution in [2.75, 3.05) is 25.0 Å². The molecule has 1 saturated heterocycles. The summed E-state index contributed by atoms with van der Waals surface area (Å²) in [5, 5.41) is 11.4. The number of hydrogen-bond acceptors (Lipinski definition) is 3. The van der Waals surface area contributed by atoms with Crippen molar-refractivity contribution in [2.24, 2.45) is 5.92 Å². The molecule has 0 spiro atoms. The summed E-state index contributed by atoms with van der Waals surface area (Å²) in [6.07, 6.45) is -4.19. The average molecular weight is 344 g/mol. The Labute approximate surface area is 137 Å². The molecule has 1 aromatic rings. The number of hydrogen-bond donors (Lipinski definition) is 2. The lowest BCUT2D eigenvalue weighted by molar-refractivity contribution is -0.144. The Bertz CT molecular complexity index is 596. The molecule has 2 rings (SSSR count). The molecular weight excluding hydrogens is 325 g/mol. The van der Waals surface area contributed by atoms with Crippen LogP contribution in [0.1, 0.15) is 18.4 Å². The van der Waals surface area contributed by atoms with Gasteiger partial charge >= 0.3 is 18.0 Å². The van der Waals surface area contributed by atoms with E-state index in [2.05, 4.69) is 5.32 Å². The number of alkyl halides is 3. The molecule has 24 heavy (non-hydrogen) atoms. The highest BCUT2D eigenvalue weighted by Crippen LogP contribution is 2.23. The highest BCUT2D eigenvalue weighted by molar-refractivity contribution is 6.39. The van der Waals surface area contributed by atoms with Gasteiger partial charge in [-0.3, -0.25) is 9.59 Å². The molecule has 1 aliphatic heterocycles. The molecule has 0 radical (unpaired) electrons. The van der Waals surface area contributed by atoms with Gasteiger partial charge in [-0.25, -0.2) is 0 Å². The minimum Gasteiger partial charge on any atom is -0.396 e. The second kappa shape index (κ2) is 7.65. The highest BCUT2D eigenvalue weighted by atomic mass is 19.4. The van der Waals surface area contributed by atoms with Crippen molar-refractivity contribution in [3.8, 4) is 0 Å². The SMILES string of the molecule is O=C(Nc1cccc(CC(F)(F)F)c1)C(=O)N1CCC(CO)CC1. The number of aliphatic hydroxyl groups is 1. The molecule has 0 aliphatic carbocycles. The van der Waals surface area contributed by atoms with E-state index >= 15 is 0 Å². The lowest BCUT2D eigenvalue weighted by Gasteiger charge is -2.30. The molecule has 0 atom stereocenters. The molecule has 1 aliphatic rings. The second-order valence-electron chi connectivity index (χ2n) is 5.86. The van der Waals surface area contributed by atoms with Crippen LogP contribution in [0.15, 0.2) is 24.3 Å². The molecule has 8 heteroatoms. The number of nitrogens with one attached hydrogen (secondary N) is 1. The molecule has 1 heterocycles. The van der Waals surface area contributed by atoms with Crippen LogP contribution in [0, 0.1) is 5.92 Å². The molecule has 2 N–H and O–H groups in total. The maximum Gasteiger partial charge on any atom is 0.393 e. The minimum atomic E-state index is -4.34. The van der Waals surface area contributed by atoms with Crippen LogP contribution in [0.2, 0.25) is 0 Å². The Balaban J connectivity index is 1.94. The zero-order valence-electron chi connectivity index (χ0n) is 13.0. The summed E-state index contributed by atoms with van der Waals surface area (Å²) >= 11 is 0. The second-order valence-corrected chi connectivity index (χ2v) is 5.86. The summed E-state index contributed by atoms with van der Waals surface area (Å²) in [6.45, 7) is 0.817. The van der Waals surface area contributed by atoms with Crippen molar-refractivity contribution in [3.05, 3.63) is 29.8 Å². The van der Waals surface area contributed by atoms with Crippen molar-refractivity contribution in [2.45, 2.75) is 25.4 Å². The van der Waals surface area contributed by atoms with Crippen LogP contribution in [0.25, 0.3) is 0 Å². The number of aliphatic hydroxyl groups excluding tert-OH is 1. The first-order chi connectivity index (χ1) is 11.3. The van der Waals surface area contributed by atoms with E-state index in [1.807, 2.05) is 0 Å². The predicted molar refractivity (Wildman–Crippen MR) is 81.2 cm³/mol. The van der Waals surface area contributed by atoms with Gasteiger partial charge in [0.05, 0.1) is 6.42 Å². The third-order valence-corrected chi connectivity index (χ3v) is 3.94. The fourth-order valence-electron chi connectivity index (χ4n) is 2.64. The number of rotatable bonds is 3. The Kier molecular flexibility index (Phi) is 5.82. The summed E-state index contributed by atoms with van der Waals surface area (Å²) in [4.78, 5) is 25.5. The van der Waals surface area contributed by atoms with Crippen LogP contribution in [0.5, 0.6) is 0 Å². The first kappa shape index (κ1) is 18.3.